The van der Waals surface area contributed by atoms with Crippen LogP contribution in [0.1, 0.15) is 13.3 Å². The van der Waals surface area contributed by atoms with E-state index in [1.54, 1.807) is 18.3 Å². The molecule has 0 amide bonds. The highest BCUT2D eigenvalue weighted by Gasteiger charge is 2.08. The highest BCUT2D eigenvalue weighted by atomic mass is 35.5. The number of benzene rings is 1. The Balaban J connectivity index is 2.42. The fourth-order valence-electron chi connectivity index (χ4n) is 1.53. The van der Waals surface area contributed by atoms with Crippen molar-refractivity contribution in [3.8, 4) is 17.0 Å². The van der Waals surface area contributed by atoms with Gasteiger partial charge in [0.1, 0.15) is 5.75 Å². The molecule has 1 aromatic heterocycles. The zero-order chi connectivity index (χ0) is 11.5. The molecule has 0 saturated carbocycles. The van der Waals surface area contributed by atoms with E-state index in [9.17, 15) is 5.11 Å². The summed E-state index contributed by atoms with van der Waals surface area (Å²) in [7, 11) is 0. The Morgan fingerprint density at radius 1 is 1.44 bits per heavy atom. The van der Waals surface area contributed by atoms with Crippen LogP contribution in [0.4, 0.5) is 0 Å². The van der Waals surface area contributed by atoms with Crippen LogP contribution in [0.3, 0.4) is 0 Å². The molecule has 1 aromatic carbocycles. The largest absolute Gasteiger partial charge is 0.506 e. The summed E-state index contributed by atoms with van der Waals surface area (Å²) in [6.07, 6.45) is 2.66. The molecule has 0 saturated heterocycles. The SMILES string of the molecule is CCCn1nncc1-c1ccc(Cl)c(O)c1. The van der Waals surface area contributed by atoms with Crippen molar-refractivity contribution in [1.29, 1.82) is 0 Å². The lowest BCUT2D eigenvalue weighted by molar-refractivity contribution is 0.475. The van der Waals surface area contributed by atoms with E-state index in [1.807, 2.05) is 10.7 Å². The summed E-state index contributed by atoms with van der Waals surface area (Å²) in [4.78, 5) is 0. The topological polar surface area (TPSA) is 50.9 Å². The summed E-state index contributed by atoms with van der Waals surface area (Å²) in [5.74, 6) is 0.0726. The molecule has 4 nitrogen and oxygen atoms in total. The number of aryl methyl sites for hydroxylation is 1. The molecule has 0 atom stereocenters. The van der Waals surface area contributed by atoms with Gasteiger partial charge in [-0.25, -0.2) is 4.68 Å². The van der Waals surface area contributed by atoms with Gasteiger partial charge in [-0.1, -0.05) is 29.8 Å². The highest BCUT2D eigenvalue weighted by Crippen LogP contribution is 2.28. The van der Waals surface area contributed by atoms with E-state index in [0.29, 0.717) is 5.02 Å². The molecule has 0 fully saturated rings. The molecule has 16 heavy (non-hydrogen) atoms. The first kappa shape index (κ1) is 11.0. The molecule has 0 bridgehead atoms. The maximum atomic E-state index is 9.54. The van der Waals surface area contributed by atoms with E-state index >= 15 is 0 Å². The van der Waals surface area contributed by atoms with Crippen LogP contribution >= 0.6 is 11.6 Å². The monoisotopic (exact) mass is 237 g/mol. The molecule has 0 aliphatic heterocycles. The van der Waals surface area contributed by atoms with Crippen LogP contribution in [0.2, 0.25) is 5.02 Å². The van der Waals surface area contributed by atoms with Crippen LogP contribution in [-0.4, -0.2) is 20.1 Å². The van der Waals surface area contributed by atoms with Gasteiger partial charge >= 0.3 is 0 Å². The second kappa shape index (κ2) is 4.53. The molecule has 0 radical (unpaired) electrons. The molecule has 0 spiro atoms. The van der Waals surface area contributed by atoms with Crippen molar-refractivity contribution in [3.05, 3.63) is 29.4 Å². The Morgan fingerprint density at radius 2 is 2.25 bits per heavy atom. The van der Waals surface area contributed by atoms with Gasteiger partial charge in [-0.05, 0) is 18.6 Å². The molecular weight excluding hydrogens is 226 g/mol. The number of phenols is 1. The summed E-state index contributed by atoms with van der Waals surface area (Å²) in [6, 6.07) is 5.12. The standard InChI is InChI=1S/C11H12ClN3O/c1-2-5-15-10(7-13-14-15)8-3-4-9(12)11(16)6-8/h3-4,6-7,16H,2,5H2,1H3. The second-order valence-electron chi connectivity index (χ2n) is 3.51. The maximum absolute atomic E-state index is 9.54. The van der Waals surface area contributed by atoms with Crippen molar-refractivity contribution in [1.82, 2.24) is 15.0 Å². The fourth-order valence-corrected chi connectivity index (χ4v) is 1.65. The van der Waals surface area contributed by atoms with Crippen molar-refractivity contribution < 1.29 is 5.11 Å². The predicted octanol–water partition coefficient (Wildman–Crippen LogP) is 2.71. The quantitative estimate of drug-likeness (QED) is 0.893. The van der Waals surface area contributed by atoms with Gasteiger partial charge in [0.05, 0.1) is 16.9 Å². The average molecular weight is 238 g/mol. The molecule has 0 unspecified atom stereocenters. The van der Waals surface area contributed by atoms with E-state index < -0.39 is 0 Å². The molecule has 1 heterocycles. The van der Waals surface area contributed by atoms with E-state index in [0.717, 1.165) is 24.2 Å². The number of rotatable bonds is 3. The third kappa shape index (κ3) is 2.02. The third-order valence-electron chi connectivity index (χ3n) is 2.30. The van der Waals surface area contributed by atoms with Gasteiger partial charge in [-0.2, -0.15) is 0 Å². The first-order valence-electron chi connectivity index (χ1n) is 5.09. The predicted molar refractivity (Wildman–Crippen MR) is 62.4 cm³/mol. The Labute approximate surface area is 98.5 Å². The molecule has 2 aromatic rings. The minimum absolute atomic E-state index is 0.0726. The lowest BCUT2D eigenvalue weighted by atomic mass is 10.1. The lowest BCUT2D eigenvalue weighted by Crippen LogP contribution is -2.01. The fraction of sp³-hybridized carbons (Fsp3) is 0.273. The molecule has 84 valence electrons. The van der Waals surface area contributed by atoms with Crippen molar-refractivity contribution in [2.24, 2.45) is 0 Å². The normalized spacial score (nSPS) is 10.6. The van der Waals surface area contributed by atoms with Crippen LogP contribution in [0.25, 0.3) is 11.3 Å². The summed E-state index contributed by atoms with van der Waals surface area (Å²) in [5, 5.41) is 17.7. The van der Waals surface area contributed by atoms with Crippen molar-refractivity contribution in [3.63, 3.8) is 0 Å². The first-order chi connectivity index (χ1) is 7.72. The Bertz CT molecular complexity index is 496. The number of aromatic nitrogens is 3. The summed E-state index contributed by atoms with van der Waals surface area (Å²) < 4.78 is 1.81. The van der Waals surface area contributed by atoms with Crippen LogP contribution in [0, 0.1) is 0 Å². The van der Waals surface area contributed by atoms with E-state index in [-0.39, 0.29) is 5.75 Å². The van der Waals surface area contributed by atoms with E-state index in [4.69, 9.17) is 11.6 Å². The van der Waals surface area contributed by atoms with Gasteiger partial charge in [-0.15, -0.1) is 5.10 Å². The van der Waals surface area contributed by atoms with Gasteiger partial charge in [0, 0.05) is 12.1 Å². The highest BCUT2D eigenvalue weighted by molar-refractivity contribution is 6.32. The first-order valence-corrected chi connectivity index (χ1v) is 5.47. The number of hydrogen-bond donors (Lipinski definition) is 1. The summed E-state index contributed by atoms with van der Waals surface area (Å²) >= 11 is 5.75. The zero-order valence-corrected chi connectivity index (χ0v) is 9.65. The van der Waals surface area contributed by atoms with Crippen LogP contribution < -0.4 is 0 Å². The molecule has 2 rings (SSSR count). The van der Waals surface area contributed by atoms with Gasteiger partial charge in [0.25, 0.3) is 0 Å². The van der Waals surface area contributed by atoms with Crippen LogP contribution in [-0.2, 0) is 6.54 Å². The van der Waals surface area contributed by atoms with E-state index in [1.165, 1.54) is 0 Å². The molecule has 0 aliphatic carbocycles. The van der Waals surface area contributed by atoms with Crippen molar-refractivity contribution >= 4 is 11.6 Å². The maximum Gasteiger partial charge on any atom is 0.134 e. The Hall–Kier alpha value is -1.55. The number of hydrogen-bond acceptors (Lipinski definition) is 3. The van der Waals surface area contributed by atoms with Crippen LogP contribution in [0.5, 0.6) is 5.75 Å². The number of halogens is 1. The van der Waals surface area contributed by atoms with Gasteiger partial charge in [0.2, 0.25) is 0 Å². The summed E-state index contributed by atoms with van der Waals surface area (Å²) in [6.45, 7) is 2.88. The molecule has 1 N–H and O–H groups in total. The summed E-state index contributed by atoms with van der Waals surface area (Å²) in [5.41, 5.74) is 1.74. The number of phenolic OH excluding ortho intramolecular Hbond substituents is 1. The van der Waals surface area contributed by atoms with E-state index in [2.05, 4.69) is 17.2 Å². The van der Waals surface area contributed by atoms with Gasteiger partial charge in [-0.3, -0.25) is 0 Å². The molecule has 5 heteroatoms. The molecular formula is C11H12ClN3O. The van der Waals surface area contributed by atoms with Crippen molar-refractivity contribution in [2.75, 3.05) is 0 Å². The third-order valence-corrected chi connectivity index (χ3v) is 2.61. The van der Waals surface area contributed by atoms with Gasteiger partial charge in [0.15, 0.2) is 0 Å². The average Bonchev–Trinajstić information content (AvgIpc) is 2.71. The zero-order valence-electron chi connectivity index (χ0n) is 8.89. The Morgan fingerprint density at radius 3 is 2.94 bits per heavy atom. The number of aromatic hydroxyl groups is 1. The lowest BCUT2D eigenvalue weighted by Gasteiger charge is -2.05. The van der Waals surface area contributed by atoms with Gasteiger partial charge < -0.3 is 5.11 Å². The minimum atomic E-state index is 0.0726. The smallest absolute Gasteiger partial charge is 0.134 e. The van der Waals surface area contributed by atoms with Crippen LogP contribution in [0.15, 0.2) is 24.4 Å². The minimum Gasteiger partial charge on any atom is -0.506 e. The Kier molecular flexibility index (Phi) is 3.10. The number of nitrogens with zero attached hydrogens (tertiary/aromatic N) is 3. The second-order valence-corrected chi connectivity index (χ2v) is 3.92. The molecule has 0 aliphatic rings. The van der Waals surface area contributed by atoms with Crippen molar-refractivity contribution in [2.45, 2.75) is 19.9 Å².